The van der Waals surface area contributed by atoms with E-state index in [9.17, 15) is 4.79 Å². The van der Waals surface area contributed by atoms with Crippen molar-refractivity contribution < 1.29 is 14.3 Å². The lowest BCUT2D eigenvalue weighted by Gasteiger charge is -2.16. The highest BCUT2D eigenvalue weighted by Gasteiger charge is 2.21. The van der Waals surface area contributed by atoms with Crippen LogP contribution in [0.4, 0.5) is 0 Å². The molecule has 17 heavy (non-hydrogen) atoms. The number of ether oxygens (including phenoxy) is 2. The summed E-state index contributed by atoms with van der Waals surface area (Å²) >= 11 is 0. The van der Waals surface area contributed by atoms with E-state index in [4.69, 9.17) is 9.47 Å². The van der Waals surface area contributed by atoms with Crippen LogP contribution in [-0.4, -0.2) is 25.9 Å². The molecule has 3 nitrogen and oxygen atoms in total. The summed E-state index contributed by atoms with van der Waals surface area (Å²) in [4.78, 5) is 12.2. The first-order valence-corrected chi connectivity index (χ1v) is 6.77. The predicted molar refractivity (Wildman–Crippen MR) is 72.2 cm³/mol. The van der Waals surface area contributed by atoms with Crippen molar-refractivity contribution in [2.75, 3.05) is 20.4 Å². The molecule has 0 aromatic heterocycles. The van der Waals surface area contributed by atoms with Crippen molar-refractivity contribution in [1.82, 2.24) is 0 Å². The molecule has 0 bridgehead atoms. The molecule has 0 saturated carbocycles. The van der Waals surface area contributed by atoms with Crippen molar-refractivity contribution in [1.29, 1.82) is 0 Å². The summed E-state index contributed by atoms with van der Waals surface area (Å²) in [6.45, 7) is 5.88. The molecule has 0 saturated heterocycles. The van der Waals surface area contributed by atoms with E-state index >= 15 is 0 Å². The number of carbonyl (C=O) groups is 1. The molecular formula is C13H19O3P. The monoisotopic (exact) mass is 254 g/mol. The Morgan fingerprint density at radius 3 is 2.00 bits per heavy atom. The molecule has 0 aliphatic rings. The molecule has 1 atom stereocenters. The molecule has 0 aliphatic heterocycles. The molecule has 1 aromatic rings. The van der Waals surface area contributed by atoms with Gasteiger partial charge in [0.25, 0.3) is 0 Å². The zero-order chi connectivity index (χ0) is 13.0. The van der Waals surface area contributed by atoms with Crippen LogP contribution in [0.3, 0.4) is 0 Å². The second-order valence-electron chi connectivity index (χ2n) is 3.81. The van der Waals surface area contributed by atoms with Gasteiger partial charge in [-0.05, 0) is 45.8 Å². The van der Waals surface area contributed by atoms with Crippen LogP contribution in [0.5, 0.6) is 11.5 Å². The number of aryl methyl sites for hydroxylation is 2. The highest BCUT2D eigenvalue weighted by Crippen LogP contribution is 2.38. The van der Waals surface area contributed by atoms with E-state index < -0.39 is 0 Å². The Morgan fingerprint density at radius 1 is 1.18 bits per heavy atom. The molecule has 0 aliphatic carbocycles. The maximum atomic E-state index is 12.2. The average molecular weight is 254 g/mol. The van der Waals surface area contributed by atoms with Gasteiger partial charge in [0, 0.05) is 0 Å². The first-order valence-electron chi connectivity index (χ1n) is 5.57. The SMILES string of the molecule is CCPC(=O)c1c(OC)c(C)cc(C)c1OC. The van der Waals surface area contributed by atoms with E-state index in [1.54, 1.807) is 14.2 Å². The van der Waals surface area contributed by atoms with Crippen molar-refractivity contribution in [2.24, 2.45) is 0 Å². The van der Waals surface area contributed by atoms with Gasteiger partial charge in [0.1, 0.15) is 17.1 Å². The van der Waals surface area contributed by atoms with E-state index in [0.717, 1.165) is 17.3 Å². The summed E-state index contributed by atoms with van der Waals surface area (Å²) in [6, 6.07) is 1.98. The van der Waals surface area contributed by atoms with Crippen LogP contribution in [0.2, 0.25) is 0 Å². The zero-order valence-electron chi connectivity index (χ0n) is 11.0. The number of hydrogen-bond acceptors (Lipinski definition) is 3. The summed E-state index contributed by atoms with van der Waals surface area (Å²) in [6.07, 6.45) is 0.845. The third-order valence-corrected chi connectivity index (χ3v) is 3.50. The maximum absolute atomic E-state index is 12.2. The fourth-order valence-electron chi connectivity index (χ4n) is 1.93. The molecule has 0 radical (unpaired) electrons. The molecule has 0 heterocycles. The summed E-state index contributed by atoms with van der Waals surface area (Å²) in [5, 5.41) is 0. The van der Waals surface area contributed by atoms with Gasteiger partial charge in [-0.3, -0.25) is 4.79 Å². The minimum atomic E-state index is 0.105. The van der Waals surface area contributed by atoms with Crippen LogP contribution in [0.25, 0.3) is 0 Å². The number of carbonyl (C=O) groups excluding carboxylic acids is 1. The van der Waals surface area contributed by atoms with E-state index in [2.05, 4.69) is 0 Å². The number of methoxy groups -OCH3 is 2. The Bertz CT molecular complexity index is 399. The first-order chi connectivity index (χ1) is 8.06. The summed E-state index contributed by atoms with van der Waals surface area (Å²) in [7, 11) is 3.43. The van der Waals surface area contributed by atoms with Crippen molar-refractivity contribution in [3.05, 3.63) is 22.8 Å². The van der Waals surface area contributed by atoms with Gasteiger partial charge in [0.05, 0.1) is 14.2 Å². The largest absolute Gasteiger partial charge is 0.496 e. The highest BCUT2D eigenvalue weighted by molar-refractivity contribution is 7.58. The standard InChI is InChI=1S/C13H19O3P/c1-6-17-13(14)10-11(15-4)8(2)7-9(3)12(10)16-5/h7,17H,6H2,1-5H3. The second kappa shape index (κ2) is 6.02. The van der Waals surface area contributed by atoms with Crippen LogP contribution in [0, 0.1) is 13.8 Å². The van der Waals surface area contributed by atoms with Crippen LogP contribution in [0.15, 0.2) is 6.07 Å². The predicted octanol–water partition coefficient (Wildman–Crippen LogP) is 3.16. The molecule has 1 unspecified atom stereocenters. The maximum Gasteiger partial charge on any atom is 0.188 e. The average Bonchev–Trinajstić information content (AvgIpc) is 2.28. The topological polar surface area (TPSA) is 35.5 Å². The lowest BCUT2D eigenvalue weighted by molar-refractivity contribution is 0.107. The summed E-state index contributed by atoms with van der Waals surface area (Å²) in [5.41, 5.74) is 2.63. The quantitative estimate of drug-likeness (QED) is 0.757. The number of rotatable bonds is 5. The molecule has 0 fully saturated rings. The third kappa shape index (κ3) is 2.78. The Labute approximate surface area is 104 Å². The van der Waals surface area contributed by atoms with Gasteiger partial charge in [-0.15, -0.1) is 0 Å². The van der Waals surface area contributed by atoms with Gasteiger partial charge in [-0.1, -0.05) is 6.92 Å². The third-order valence-electron chi connectivity index (χ3n) is 2.58. The van der Waals surface area contributed by atoms with Gasteiger partial charge in [0.15, 0.2) is 5.52 Å². The molecular weight excluding hydrogens is 235 g/mol. The zero-order valence-corrected chi connectivity index (χ0v) is 12.0. The molecule has 0 spiro atoms. The summed E-state index contributed by atoms with van der Waals surface area (Å²) < 4.78 is 10.7. The van der Waals surface area contributed by atoms with Gasteiger partial charge in [-0.2, -0.15) is 0 Å². The number of benzene rings is 1. The molecule has 1 aromatic carbocycles. The van der Waals surface area contributed by atoms with Crippen molar-refractivity contribution in [3.63, 3.8) is 0 Å². The smallest absolute Gasteiger partial charge is 0.188 e. The van der Waals surface area contributed by atoms with Crippen LogP contribution in [-0.2, 0) is 0 Å². The normalized spacial score (nSPS) is 10.9. The number of hydrogen-bond donors (Lipinski definition) is 0. The molecule has 94 valence electrons. The summed E-state index contributed by atoms with van der Waals surface area (Å²) in [5.74, 6) is 1.27. The van der Waals surface area contributed by atoms with E-state index in [0.29, 0.717) is 17.1 Å². The minimum absolute atomic E-state index is 0.105. The second-order valence-corrected chi connectivity index (χ2v) is 5.33. The van der Waals surface area contributed by atoms with Gasteiger partial charge >= 0.3 is 0 Å². The van der Waals surface area contributed by atoms with Crippen molar-refractivity contribution in [3.8, 4) is 11.5 Å². The molecule has 4 heteroatoms. The Morgan fingerprint density at radius 2 is 1.65 bits per heavy atom. The van der Waals surface area contributed by atoms with Crippen LogP contribution < -0.4 is 9.47 Å². The van der Waals surface area contributed by atoms with Gasteiger partial charge < -0.3 is 9.47 Å². The Balaban J connectivity index is 3.45. The van der Waals surface area contributed by atoms with E-state index in [-0.39, 0.29) is 14.1 Å². The van der Waals surface area contributed by atoms with E-state index in [1.807, 2.05) is 26.8 Å². The minimum Gasteiger partial charge on any atom is -0.496 e. The highest BCUT2D eigenvalue weighted by atomic mass is 31.1. The Hall–Kier alpha value is -1.08. The molecule has 1 rings (SSSR count). The van der Waals surface area contributed by atoms with Crippen LogP contribution >= 0.6 is 8.58 Å². The lowest BCUT2D eigenvalue weighted by Crippen LogP contribution is -2.04. The van der Waals surface area contributed by atoms with Gasteiger partial charge in [0.2, 0.25) is 0 Å². The van der Waals surface area contributed by atoms with Crippen molar-refractivity contribution in [2.45, 2.75) is 20.8 Å². The molecule has 0 amide bonds. The fraction of sp³-hybridized carbons (Fsp3) is 0.462. The van der Waals surface area contributed by atoms with Gasteiger partial charge in [-0.25, -0.2) is 0 Å². The van der Waals surface area contributed by atoms with Crippen LogP contribution in [0.1, 0.15) is 28.4 Å². The Kier molecular flexibility index (Phi) is 4.95. The molecule has 0 N–H and O–H groups in total. The van der Waals surface area contributed by atoms with Crippen molar-refractivity contribution >= 4 is 14.1 Å². The lowest BCUT2D eigenvalue weighted by atomic mass is 10.0. The fourth-order valence-corrected chi connectivity index (χ4v) is 2.66. The van der Waals surface area contributed by atoms with E-state index in [1.165, 1.54) is 0 Å². The first kappa shape index (κ1) is 14.0.